The maximum absolute atomic E-state index is 9.89. The van der Waals surface area contributed by atoms with Gasteiger partial charge < -0.3 is 5.11 Å². The lowest BCUT2D eigenvalue weighted by Crippen LogP contribution is -1.99. The molecule has 0 amide bonds. The first kappa shape index (κ1) is 10.1. The van der Waals surface area contributed by atoms with Crippen molar-refractivity contribution >= 4 is 6.08 Å². The summed E-state index contributed by atoms with van der Waals surface area (Å²) in [6.45, 7) is 1.94. The van der Waals surface area contributed by atoms with Crippen molar-refractivity contribution in [1.29, 1.82) is 0 Å². The van der Waals surface area contributed by atoms with Gasteiger partial charge in [0.25, 0.3) is 0 Å². The van der Waals surface area contributed by atoms with Crippen LogP contribution in [0.5, 0.6) is 5.75 Å². The van der Waals surface area contributed by atoms with Crippen molar-refractivity contribution in [1.82, 2.24) is 15.0 Å². The molecule has 0 unspecified atom stereocenters. The zero-order valence-corrected chi connectivity index (χ0v) is 9.59. The first-order chi connectivity index (χ1) is 8.24. The Morgan fingerprint density at radius 2 is 2.18 bits per heavy atom. The van der Waals surface area contributed by atoms with Crippen molar-refractivity contribution in [2.45, 2.75) is 19.8 Å². The van der Waals surface area contributed by atoms with Gasteiger partial charge in [0.2, 0.25) is 0 Å². The second-order valence-corrected chi connectivity index (χ2v) is 4.25. The molecule has 1 aliphatic carbocycles. The van der Waals surface area contributed by atoms with Crippen LogP contribution in [0.3, 0.4) is 0 Å². The van der Waals surface area contributed by atoms with Crippen LogP contribution in [0.25, 0.3) is 11.8 Å². The van der Waals surface area contributed by atoms with Gasteiger partial charge in [0.05, 0.1) is 5.69 Å². The summed E-state index contributed by atoms with van der Waals surface area (Å²) in [5, 5.41) is 18.7. The monoisotopic (exact) mass is 227 g/mol. The maximum Gasteiger partial charge on any atom is 0.143 e. The number of rotatable bonds is 1. The van der Waals surface area contributed by atoms with Crippen molar-refractivity contribution in [3.05, 3.63) is 41.2 Å². The molecule has 1 N–H and O–H groups in total. The van der Waals surface area contributed by atoms with Gasteiger partial charge in [0, 0.05) is 0 Å². The molecular formula is C13H13N3O. The molecule has 1 aromatic carbocycles. The number of fused-ring (bicyclic) bond motifs is 1. The van der Waals surface area contributed by atoms with Crippen LogP contribution < -0.4 is 0 Å². The number of hydrogen-bond donors (Lipinski definition) is 1. The Morgan fingerprint density at radius 3 is 2.94 bits per heavy atom. The van der Waals surface area contributed by atoms with E-state index in [9.17, 15) is 5.11 Å². The normalized spacial score (nSPS) is 13.7. The van der Waals surface area contributed by atoms with Gasteiger partial charge in [0.1, 0.15) is 17.1 Å². The van der Waals surface area contributed by atoms with E-state index in [0.717, 1.165) is 29.8 Å². The summed E-state index contributed by atoms with van der Waals surface area (Å²) >= 11 is 0. The number of phenolic OH excluding ortho intramolecular Hbond substituents is 1. The van der Waals surface area contributed by atoms with Crippen LogP contribution in [-0.2, 0) is 6.42 Å². The van der Waals surface area contributed by atoms with Gasteiger partial charge in [0.15, 0.2) is 0 Å². The van der Waals surface area contributed by atoms with E-state index in [1.165, 1.54) is 4.80 Å². The van der Waals surface area contributed by atoms with Crippen LogP contribution in [0.2, 0.25) is 0 Å². The third kappa shape index (κ3) is 1.71. The molecule has 3 rings (SSSR count). The number of phenols is 1. The molecule has 4 nitrogen and oxygen atoms in total. The Labute approximate surface area is 99.2 Å². The highest BCUT2D eigenvalue weighted by Crippen LogP contribution is 2.23. The first-order valence-electron chi connectivity index (χ1n) is 5.67. The fraction of sp³-hybridized carbons (Fsp3) is 0.231. The standard InChI is InChI=1S/C13H13N3O/c1-9-6-7-12(13(17)8-9)16-14-10-4-2-3-5-11(10)15-16/h2,4,6-8,17H,3,5H2,1H3. The minimum Gasteiger partial charge on any atom is -0.506 e. The Hall–Kier alpha value is -2.10. The van der Waals surface area contributed by atoms with Crippen LogP contribution >= 0.6 is 0 Å². The second-order valence-electron chi connectivity index (χ2n) is 4.25. The smallest absolute Gasteiger partial charge is 0.143 e. The fourth-order valence-corrected chi connectivity index (χ4v) is 1.98. The van der Waals surface area contributed by atoms with E-state index in [1.807, 2.05) is 25.1 Å². The number of allylic oxidation sites excluding steroid dienone is 1. The van der Waals surface area contributed by atoms with Gasteiger partial charge >= 0.3 is 0 Å². The summed E-state index contributed by atoms with van der Waals surface area (Å²) in [7, 11) is 0. The van der Waals surface area contributed by atoms with Gasteiger partial charge in [-0.3, -0.25) is 0 Å². The lowest BCUT2D eigenvalue weighted by atomic mass is 10.1. The fourth-order valence-electron chi connectivity index (χ4n) is 1.98. The molecule has 0 saturated heterocycles. The van der Waals surface area contributed by atoms with Crippen LogP contribution in [0.15, 0.2) is 24.3 Å². The average Bonchev–Trinajstić information content (AvgIpc) is 2.72. The minimum atomic E-state index is 0.210. The summed E-state index contributed by atoms with van der Waals surface area (Å²) in [5.41, 5.74) is 3.53. The summed E-state index contributed by atoms with van der Waals surface area (Å²) in [6.07, 6.45) is 5.99. The maximum atomic E-state index is 9.89. The zero-order valence-electron chi connectivity index (χ0n) is 9.59. The van der Waals surface area contributed by atoms with E-state index in [-0.39, 0.29) is 5.75 Å². The quantitative estimate of drug-likeness (QED) is 0.812. The minimum absolute atomic E-state index is 0.210. The third-order valence-electron chi connectivity index (χ3n) is 2.88. The highest BCUT2D eigenvalue weighted by Gasteiger charge is 2.14. The van der Waals surface area contributed by atoms with Crippen LogP contribution in [0.1, 0.15) is 23.4 Å². The summed E-state index contributed by atoms with van der Waals surface area (Å²) < 4.78 is 0. The predicted octanol–water partition coefficient (Wildman–Crippen LogP) is 2.24. The molecule has 1 heterocycles. The number of aryl methyl sites for hydroxylation is 2. The van der Waals surface area contributed by atoms with Gasteiger partial charge in [-0.1, -0.05) is 12.1 Å². The number of nitrogens with zero attached hydrogens (tertiary/aromatic N) is 3. The molecule has 0 spiro atoms. The van der Waals surface area contributed by atoms with Crippen molar-refractivity contribution in [2.75, 3.05) is 0 Å². The molecule has 86 valence electrons. The molecule has 0 fully saturated rings. The highest BCUT2D eigenvalue weighted by molar-refractivity contribution is 5.51. The molecule has 0 atom stereocenters. The number of aromatic hydroxyl groups is 1. The Bertz CT molecular complexity index is 599. The molecule has 0 aliphatic heterocycles. The molecule has 1 aromatic heterocycles. The van der Waals surface area contributed by atoms with E-state index in [1.54, 1.807) is 6.07 Å². The largest absolute Gasteiger partial charge is 0.506 e. The van der Waals surface area contributed by atoms with Gasteiger partial charge in [-0.25, -0.2) is 0 Å². The number of hydrogen-bond acceptors (Lipinski definition) is 3. The summed E-state index contributed by atoms with van der Waals surface area (Å²) in [4.78, 5) is 1.51. The van der Waals surface area contributed by atoms with Crippen molar-refractivity contribution in [3.63, 3.8) is 0 Å². The predicted molar refractivity (Wildman–Crippen MR) is 65.1 cm³/mol. The average molecular weight is 227 g/mol. The molecule has 0 bridgehead atoms. The van der Waals surface area contributed by atoms with Gasteiger partial charge in [-0.15, -0.1) is 9.90 Å². The van der Waals surface area contributed by atoms with Crippen molar-refractivity contribution in [3.8, 4) is 11.4 Å². The third-order valence-corrected chi connectivity index (χ3v) is 2.88. The SMILES string of the molecule is Cc1ccc(-n2nc3c(n2)CCC=C3)c(O)c1. The molecule has 0 radical (unpaired) electrons. The molecule has 2 aromatic rings. The number of aromatic nitrogens is 3. The second kappa shape index (κ2) is 3.73. The number of benzene rings is 1. The van der Waals surface area contributed by atoms with Crippen LogP contribution in [0, 0.1) is 6.92 Å². The molecular weight excluding hydrogens is 214 g/mol. The van der Waals surface area contributed by atoms with Gasteiger partial charge in [-0.2, -0.15) is 5.10 Å². The lowest BCUT2D eigenvalue weighted by Gasteiger charge is -2.03. The molecule has 0 saturated carbocycles. The molecule has 1 aliphatic rings. The van der Waals surface area contributed by atoms with E-state index in [4.69, 9.17) is 0 Å². The topological polar surface area (TPSA) is 50.9 Å². The van der Waals surface area contributed by atoms with E-state index in [2.05, 4.69) is 16.3 Å². The van der Waals surface area contributed by atoms with Gasteiger partial charge in [-0.05, 0) is 43.5 Å². The lowest BCUT2D eigenvalue weighted by molar-refractivity contribution is 0.467. The Morgan fingerprint density at radius 1 is 1.29 bits per heavy atom. The van der Waals surface area contributed by atoms with E-state index < -0.39 is 0 Å². The van der Waals surface area contributed by atoms with Crippen molar-refractivity contribution in [2.24, 2.45) is 0 Å². The molecule has 4 heteroatoms. The van der Waals surface area contributed by atoms with E-state index >= 15 is 0 Å². The highest BCUT2D eigenvalue weighted by atomic mass is 16.3. The first-order valence-corrected chi connectivity index (χ1v) is 5.67. The van der Waals surface area contributed by atoms with Crippen molar-refractivity contribution < 1.29 is 5.11 Å². The van der Waals surface area contributed by atoms with E-state index in [0.29, 0.717) is 5.69 Å². The summed E-state index contributed by atoms with van der Waals surface area (Å²) in [5.74, 6) is 0.210. The summed E-state index contributed by atoms with van der Waals surface area (Å²) in [6, 6.07) is 5.49. The Kier molecular flexibility index (Phi) is 2.21. The van der Waals surface area contributed by atoms with Crippen LogP contribution in [-0.4, -0.2) is 20.1 Å². The van der Waals surface area contributed by atoms with Crippen LogP contribution in [0.4, 0.5) is 0 Å². The molecule has 17 heavy (non-hydrogen) atoms. The Balaban J connectivity index is 2.09. The zero-order chi connectivity index (χ0) is 11.8.